The van der Waals surface area contributed by atoms with Crippen molar-refractivity contribution in [2.24, 2.45) is 5.92 Å². The first-order chi connectivity index (χ1) is 13.5. The second-order valence-corrected chi connectivity index (χ2v) is 7.16. The molecule has 0 bridgehead atoms. The molecule has 1 saturated heterocycles. The van der Waals surface area contributed by atoms with Crippen LogP contribution in [0.3, 0.4) is 0 Å². The second-order valence-electron chi connectivity index (χ2n) is 7.16. The Labute approximate surface area is 162 Å². The van der Waals surface area contributed by atoms with E-state index in [9.17, 15) is 14.7 Å². The molecule has 0 unspecified atom stereocenters. The molecular weight excluding hydrogens is 358 g/mol. The van der Waals surface area contributed by atoms with Gasteiger partial charge < -0.3 is 19.2 Å². The lowest BCUT2D eigenvalue weighted by atomic mass is 9.88. The minimum Gasteiger partial charge on any atom is -0.496 e. The van der Waals surface area contributed by atoms with Gasteiger partial charge in [0.25, 0.3) is 5.91 Å². The van der Waals surface area contributed by atoms with E-state index >= 15 is 0 Å². The Kier molecular flexibility index (Phi) is 4.55. The van der Waals surface area contributed by atoms with Crippen molar-refractivity contribution in [3.63, 3.8) is 0 Å². The Hall–Kier alpha value is -3.28. The number of likely N-dealkylation sites (tertiary alicyclic amines) is 1. The van der Waals surface area contributed by atoms with E-state index in [4.69, 9.17) is 9.15 Å². The van der Waals surface area contributed by atoms with Crippen molar-refractivity contribution in [3.05, 3.63) is 65.4 Å². The molecule has 144 valence electrons. The Morgan fingerprint density at radius 2 is 1.93 bits per heavy atom. The Bertz CT molecular complexity index is 1050. The van der Waals surface area contributed by atoms with Crippen LogP contribution in [0.2, 0.25) is 0 Å². The number of carboxylic acids is 1. The van der Waals surface area contributed by atoms with Gasteiger partial charge in [-0.2, -0.15) is 0 Å². The van der Waals surface area contributed by atoms with Crippen LogP contribution >= 0.6 is 0 Å². The summed E-state index contributed by atoms with van der Waals surface area (Å²) in [5.74, 6) is -1.40. The van der Waals surface area contributed by atoms with E-state index in [1.54, 1.807) is 24.1 Å². The first kappa shape index (κ1) is 18.1. The van der Waals surface area contributed by atoms with Crippen molar-refractivity contribution in [2.75, 3.05) is 20.2 Å². The van der Waals surface area contributed by atoms with E-state index in [1.165, 1.54) is 0 Å². The van der Waals surface area contributed by atoms with Gasteiger partial charge in [0.1, 0.15) is 11.3 Å². The van der Waals surface area contributed by atoms with E-state index in [-0.39, 0.29) is 24.1 Å². The lowest BCUT2D eigenvalue weighted by molar-refractivity contribution is -0.141. The van der Waals surface area contributed by atoms with Gasteiger partial charge in [-0.25, -0.2) is 0 Å². The van der Waals surface area contributed by atoms with Crippen molar-refractivity contribution in [1.29, 1.82) is 0 Å². The summed E-state index contributed by atoms with van der Waals surface area (Å²) < 4.78 is 11.1. The normalized spacial score (nSPS) is 19.1. The number of hydrogen-bond donors (Lipinski definition) is 1. The maximum absolute atomic E-state index is 13.0. The number of carboxylic acid groups (broad SMARTS) is 1. The minimum atomic E-state index is -0.925. The molecule has 4 rings (SSSR count). The van der Waals surface area contributed by atoms with Crippen molar-refractivity contribution < 1.29 is 23.8 Å². The van der Waals surface area contributed by atoms with Gasteiger partial charge in [-0.1, -0.05) is 29.8 Å². The van der Waals surface area contributed by atoms with Crippen LogP contribution in [0.25, 0.3) is 11.0 Å². The Morgan fingerprint density at radius 1 is 1.14 bits per heavy atom. The summed E-state index contributed by atoms with van der Waals surface area (Å²) in [6.45, 7) is 2.41. The molecule has 0 aliphatic carbocycles. The fourth-order valence-corrected chi connectivity index (χ4v) is 3.93. The predicted molar refractivity (Wildman–Crippen MR) is 104 cm³/mol. The third-order valence-electron chi connectivity index (χ3n) is 5.35. The average molecular weight is 379 g/mol. The zero-order valence-corrected chi connectivity index (χ0v) is 15.7. The van der Waals surface area contributed by atoms with Crippen LogP contribution in [-0.2, 0) is 4.79 Å². The molecule has 28 heavy (non-hydrogen) atoms. The zero-order chi connectivity index (χ0) is 19.8. The lowest BCUT2D eigenvalue weighted by Crippen LogP contribution is -2.29. The molecule has 2 atom stereocenters. The molecule has 1 amide bonds. The lowest BCUT2D eigenvalue weighted by Gasteiger charge is -2.18. The van der Waals surface area contributed by atoms with Crippen LogP contribution < -0.4 is 4.74 Å². The minimum absolute atomic E-state index is 0.132. The number of carbonyl (C=O) groups is 2. The third kappa shape index (κ3) is 3.11. The molecule has 2 aromatic carbocycles. The van der Waals surface area contributed by atoms with Crippen LogP contribution in [0.4, 0.5) is 0 Å². The van der Waals surface area contributed by atoms with Crippen LogP contribution in [0, 0.1) is 12.8 Å². The number of aliphatic carboxylic acids is 1. The number of para-hydroxylation sites is 1. The van der Waals surface area contributed by atoms with Gasteiger partial charge in [0, 0.05) is 24.4 Å². The SMILES string of the molecule is COc1ccccc1[C@@H]1CN(C(=O)c2cc3cc(C)ccc3o2)C[C@H]1C(=O)O. The van der Waals surface area contributed by atoms with Gasteiger partial charge in [-0.3, -0.25) is 9.59 Å². The molecule has 6 nitrogen and oxygen atoms in total. The molecule has 2 heterocycles. The predicted octanol–water partition coefficient (Wildman–Crippen LogP) is 3.69. The highest BCUT2D eigenvalue weighted by Crippen LogP contribution is 2.38. The van der Waals surface area contributed by atoms with Gasteiger partial charge in [-0.05, 0) is 36.8 Å². The molecule has 6 heteroatoms. The molecule has 0 radical (unpaired) electrons. The first-order valence-electron chi connectivity index (χ1n) is 9.13. The van der Waals surface area contributed by atoms with Gasteiger partial charge in [0.15, 0.2) is 5.76 Å². The molecule has 3 aromatic rings. The van der Waals surface area contributed by atoms with E-state index < -0.39 is 11.9 Å². The fourth-order valence-electron chi connectivity index (χ4n) is 3.93. The molecule has 1 aromatic heterocycles. The standard InChI is InChI=1S/C22H21NO5/c1-13-7-8-18-14(9-13)10-20(28-18)21(24)23-11-16(17(12-23)22(25)26)15-5-3-4-6-19(15)27-2/h3-10,16-17H,11-12H2,1-2H3,(H,25,26)/t16-,17+/m0/s1. The van der Waals surface area contributed by atoms with E-state index in [1.807, 2.05) is 43.3 Å². The number of amides is 1. The number of aryl methyl sites for hydroxylation is 1. The van der Waals surface area contributed by atoms with Crippen LogP contribution in [0.5, 0.6) is 5.75 Å². The van der Waals surface area contributed by atoms with Gasteiger partial charge in [0.05, 0.1) is 13.0 Å². The summed E-state index contributed by atoms with van der Waals surface area (Å²) in [7, 11) is 1.56. The number of benzene rings is 2. The van der Waals surface area contributed by atoms with Gasteiger partial charge in [0.2, 0.25) is 0 Å². The van der Waals surface area contributed by atoms with Crippen LogP contribution in [0.1, 0.15) is 27.6 Å². The van der Waals surface area contributed by atoms with E-state index in [0.717, 1.165) is 16.5 Å². The fraction of sp³-hybridized carbons (Fsp3) is 0.273. The number of ether oxygens (including phenoxy) is 1. The molecule has 1 aliphatic rings. The van der Waals surface area contributed by atoms with Crippen molar-refractivity contribution in [2.45, 2.75) is 12.8 Å². The van der Waals surface area contributed by atoms with Gasteiger partial charge >= 0.3 is 5.97 Å². The summed E-state index contributed by atoms with van der Waals surface area (Å²) in [4.78, 5) is 26.4. The summed E-state index contributed by atoms with van der Waals surface area (Å²) >= 11 is 0. The van der Waals surface area contributed by atoms with Gasteiger partial charge in [-0.15, -0.1) is 0 Å². The smallest absolute Gasteiger partial charge is 0.308 e. The topological polar surface area (TPSA) is 80.0 Å². The highest BCUT2D eigenvalue weighted by molar-refractivity contribution is 5.96. The Morgan fingerprint density at radius 3 is 2.68 bits per heavy atom. The number of hydrogen-bond acceptors (Lipinski definition) is 4. The largest absolute Gasteiger partial charge is 0.496 e. The summed E-state index contributed by atoms with van der Waals surface area (Å²) in [5.41, 5.74) is 2.52. The van der Waals surface area contributed by atoms with Crippen molar-refractivity contribution in [3.8, 4) is 5.75 Å². The summed E-state index contributed by atoms with van der Waals surface area (Å²) in [5, 5.41) is 10.6. The Balaban J connectivity index is 1.65. The molecule has 1 aliphatic heterocycles. The highest BCUT2D eigenvalue weighted by atomic mass is 16.5. The quantitative estimate of drug-likeness (QED) is 0.748. The first-order valence-corrected chi connectivity index (χ1v) is 9.13. The molecule has 0 saturated carbocycles. The van der Waals surface area contributed by atoms with Crippen LogP contribution in [0.15, 0.2) is 52.9 Å². The third-order valence-corrected chi connectivity index (χ3v) is 5.35. The summed E-state index contributed by atoms with van der Waals surface area (Å²) in [6, 6.07) is 14.8. The average Bonchev–Trinajstić information content (AvgIpc) is 3.31. The van der Waals surface area contributed by atoms with Crippen LogP contribution in [-0.4, -0.2) is 42.1 Å². The zero-order valence-electron chi connectivity index (χ0n) is 15.7. The monoisotopic (exact) mass is 379 g/mol. The summed E-state index contributed by atoms with van der Waals surface area (Å²) in [6.07, 6.45) is 0. The molecule has 1 N–H and O–H groups in total. The number of furan rings is 1. The number of fused-ring (bicyclic) bond motifs is 1. The van der Waals surface area contributed by atoms with E-state index in [2.05, 4.69) is 0 Å². The number of carbonyl (C=O) groups excluding carboxylic acids is 1. The molecular formula is C22H21NO5. The number of methoxy groups -OCH3 is 1. The molecule has 0 spiro atoms. The maximum Gasteiger partial charge on any atom is 0.308 e. The number of nitrogens with zero attached hydrogens (tertiary/aromatic N) is 1. The second kappa shape index (κ2) is 7.03. The van der Waals surface area contributed by atoms with Crippen molar-refractivity contribution >= 4 is 22.8 Å². The van der Waals surface area contributed by atoms with Crippen molar-refractivity contribution in [1.82, 2.24) is 4.90 Å². The number of rotatable bonds is 4. The van der Waals surface area contributed by atoms with E-state index in [0.29, 0.717) is 17.9 Å². The highest BCUT2D eigenvalue weighted by Gasteiger charge is 2.42. The molecule has 1 fully saturated rings. The maximum atomic E-state index is 13.0.